The third kappa shape index (κ3) is 7.87. The first-order chi connectivity index (χ1) is 8.72. The summed E-state index contributed by atoms with van der Waals surface area (Å²) in [5.41, 5.74) is 0. The van der Waals surface area contributed by atoms with E-state index in [0.717, 1.165) is 19.6 Å². The maximum Gasteiger partial charge on any atom is 0.215 e. The van der Waals surface area contributed by atoms with E-state index in [4.69, 9.17) is 0 Å². The minimum atomic E-state index is -3.26. The Labute approximate surface area is 119 Å². The second kappa shape index (κ2) is 8.89. The minimum Gasteiger partial charge on any atom is -0.313 e. The highest BCUT2D eigenvalue weighted by atomic mass is 32.2. The van der Waals surface area contributed by atoms with Crippen LogP contribution in [0.5, 0.6) is 0 Å². The Morgan fingerprint density at radius 3 is 2.00 bits per heavy atom. The minimum absolute atomic E-state index is 0.0635. The van der Waals surface area contributed by atoms with Crippen molar-refractivity contribution in [1.29, 1.82) is 0 Å². The van der Waals surface area contributed by atoms with Crippen molar-refractivity contribution in [3.8, 4) is 0 Å². The van der Waals surface area contributed by atoms with Gasteiger partial charge in [-0.25, -0.2) is 13.1 Å². The lowest BCUT2D eigenvalue weighted by Gasteiger charge is -2.25. The molecule has 0 aromatic rings. The highest BCUT2D eigenvalue weighted by Gasteiger charge is 2.23. The molecule has 0 heterocycles. The van der Waals surface area contributed by atoms with E-state index >= 15 is 0 Å². The second-order valence-corrected chi connectivity index (χ2v) is 7.55. The molecule has 0 radical (unpaired) electrons. The van der Waals surface area contributed by atoms with Gasteiger partial charge in [-0.3, -0.25) is 0 Å². The highest BCUT2D eigenvalue weighted by Crippen LogP contribution is 2.01. The summed E-state index contributed by atoms with van der Waals surface area (Å²) in [5, 5.41) is 2.74. The molecular formula is C13H31N3O2S. The Kier molecular flexibility index (Phi) is 8.81. The van der Waals surface area contributed by atoms with Crippen LogP contribution in [0.2, 0.25) is 0 Å². The van der Waals surface area contributed by atoms with E-state index in [1.165, 1.54) is 0 Å². The zero-order chi connectivity index (χ0) is 15.1. The van der Waals surface area contributed by atoms with Crippen LogP contribution in [0.25, 0.3) is 0 Å². The lowest BCUT2D eigenvalue weighted by atomic mass is 10.3. The standard InChI is InChI=1S/C13H31N3O2S/c1-7-16(8-2)10-12(5)15-19(17,18)13(6)9-14-11(3)4/h11-15H,7-10H2,1-6H3. The molecule has 0 amide bonds. The number of nitrogens with zero attached hydrogens (tertiary/aromatic N) is 1. The average Bonchev–Trinajstić information content (AvgIpc) is 2.32. The van der Waals surface area contributed by atoms with Crippen LogP contribution >= 0.6 is 0 Å². The summed E-state index contributed by atoms with van der Waals surface area (Å²) in [6.07, 6.45) is 0. The van der Waals surface area contributed by atoms with Gasteiger partial charge in [0.2, 0.25) is 10.0 Å². The topological polar surface area (TPSA) is 61.4 Å². The smallest absolute Gasteiger partial charge is 0.215 e. The number of rotatable bonds is 10. The van der Waals surface area contributed by atoms with Gasteiger partial charge in [0.1, 0.15) is 0 Å². The molecule has 0 aliphatic carbocycles. The quantitative estimate of drug-likeness (QED) is 0.631. The molecule has 0 saturated heterocycles. The van der Waals surface area contributed by atoms with Crippen molar-refractivity contribution in [2.75, 3.05) is 26.2 Å². The molecule has 0 saturated carbocycles. The number of hydrogen-bond acceptors (Lipinski definition) is 4. The summed E-state index contributed by atoms with van der Waals surface area (Å²) in [6, 6.07) is 0.233. The summed E-state index contributed by atoms with van der Waals surface area (Å²) in [6.45, 7) is 14.9. The summed E-state index contributed by atoms with van der Waals surface area (Å²) < 4.78 is 27.1. The Bertz CT molecular complexity index is 327. The van der Waals surface area contributed by atoms with Crippen molar-refractivity contribution >= 4 is 10.0 Å². The molecule has 0 spiro atoms. The molecule has 2 N–H and O–H groups in total. The maximum atomic E-state index is 12.1. The molecule has 0 bridgehead atoms. The predicted octanol–water partition coefficient (Wildman–Crippen LogP) is 1.02. The van der Waals surface area contributed by atoms with Crippen molar-refractivity contribution in [3.63, 3.8) is 0 Å². The van der Waals surface area contributed by atoms with E-state index in [2.05, 4.69) is 28.8 Å². The lowest BCUT2D eigenvalue weighted by Crippen LogP contribution is -2.47. The number of likely N-dealkylation sites (N-methyl/N-ethyl adjacent to an activating group) is 1. The molecular weight excluding hydrogens is 262 g/mol. The van der Waals surface area contributed by atoms with E-state index in [0.29, 0.717) is 12.6 Å². The van der Waals surface area contributed by atoms with Crippen LogP contribution in [0.4, 0.5) is 0 Å². The van der Waals surface area contributed by atoms with Crippen LogP contribution in [-0.4, -0.2) is 56.8 Å². The molecule has 5 nitrogen and oxygen atoms in total. The van der Waals surface area contributed by atoms with Crippen LogP contribution in [0.3, 0.4) is 0 Å². The molecule has 0 aromatic carbocycles. The largest absolute Gasteiger partial charge is 0.313 e. The van der Waals surface area contributed by atoms with E-state index in [9.17, 15) is 8.42 Å². The Morgan fingerprint density at radius 2 is 1.58 bits per heavy atom. The van der Waals surface area contributed by atoms with Gasteiger partial charge in [-0.2, -0.15) is 0 Å². The molecule has 2 atom stereocenters. The molecule has 0 aromatic heterocycles. The molecule has 0 aliphatic heterocycles. The highest BCUT2D eigenvalue weighted by molar-refractivity contribution is 7.90. The van der Waals surface area contributed by atoms with Gasteiger partial charge in [0, 0.05) is 25.2 Å². The van der Waals surface area contributed by atoms with Gasteiger partial charge in [-0.1, -0.05) is 27.7 Å². The maximum absolute atomic E-state index is 12.1. The molecule has 0 rings (SSSR count). The van der Waals surface area contributed by atoms with Gasteiger partial charge in [0.05, 0.1) is 5.25 Å². The van der Waals surface area contributed by atoms with Crippen LogP contribution in [0.15, 0.2) is 0 Å². The van der Waals surface area contributed by atoms with Gasteiger partial charge in [0.25, 0.3) is 0 Å². The molecule has 6 heteroatoms. The summed E-state index contributed by atoms with van der Waals surface area (Å²) in [5.74, 6) is 0. The van der Waals surface area contributed by atoms with E-state index in [1.807, 2.05) is 20.8 Å². The first kappa shape index (κ1) is 18.8. The fraction of sp³-hybridized carbons (Fsp3) is 1.00. The van der Waals surface area contributed by atoms with Crippen molar-refractivity contribution in [1.82, 2.24) is 14.9 Å². The van der Waals surface area contributed by atoms with Gasteiger partial charge in [0.15, 0.2) is 0 Å². The Morgan fingerprint density at radius 1 is 1.05 bits per heavy atom. The van der Waals surface area contributed by atoms with Crippen molar-refractivity contribution in [2.45, 2.75) is 58.9 Å². The summed E-state index contributed by atoms with van der Waals surface area (Å²) in [7, 11) is -3.26. The fourth-order valence-electron chi connectivity index (χ4n) is 1.81. The number of sulfonamides is 1. The van der Waals surface area contributed by atoms with Crippen LogP contribution in [-0.2, 0) is 10.0 Å². The molecule has 0 fully saturated rings. The summed E-state index contributed by atoms with van der Waals surface area (Å²) >= 11 is 0. The van der Waals surface area contributed by atoms with Gasteiger partial charge in [-0.15, -0.1) is 0 Å². The van der Waals surface area contributed by atoms with Crippen LogP contribution < -0.4 is 10.0 Å². The van der Waals surface area contributed by atoms with Gasteiger partial charge >= 0.3 is 0 Å². The van der Waals surface area contributed by atoms with Gasteiger partial charge in [-0.05, 0) is 26.9 Å². The zero-order valence-corrected chi connectivity index (χ0v) is 14.0. The lowest BCUT2D eigenvalue weighted by molar-refractivity contribution is 0.282. The molecule has 116 valence electrons. The van der Waals surface area contributed by atoms with E-state index in [-0.39, 0.29) is 6.04 Å². The molecule has 19 heavy (non-hydrogen) atoms. The zero-order valence-electron chi connectivity index (χ0n) is 13.2. The third-order valence-electron chi connectivity index (χ3n) is 3.14. The van der Waals surface area contributed by atoms with E-state index in [1.54, 1.807) is 6.92 Å². The monoisotopic (exact) mass is 293 g/mol. The second-order valence-electron chi connectivity index (χ2n) is 5.42. The Balaban J connectivity index is 4.34. The normalized spacial score (nSPS) is 16.0. The van der Waals surface area contributed by atoms with Crippen molar-refractivity contribution in [2.24, 2.45) is 0 Å². The fourth-order valence-corrected chi connectivity index (χ4v) is 3.00. The number of nitrogens with one attached hydrogen (secondary N) is 2. The SMILES string of the molecule is CCN(CC)CC(C)NS(=O)(=O)C(C)CNC(C)C. The van der Waals surface area contributed by atoms with Gasteiger partial charge < -0.3 is 10.2 Å². The van der Waals surface area contributed by atoms with Crippen LogP contribution in [0, 0.1) is 0 Å². The molecule has 2 unspecified atom stereocenters. The first-order valence-electron chi connectivity index (χ1n) is 7.19. The molecule has 0 aliphatic rings. The average molecular weight is 293 g/mol. The number of hydrogen-bond donors (Lipinski definition) is 2. The van der Waals surface area contributed by atoms with Crippen molar-refractivity contribution < 1.29 is 8.42 Å². The Hall–Kier alpha value is -0.170. The predicted molar refractivity (Wildman–Crippen MR) is 81.9 cm³/mol. The summed E-state index contributed by atoms with van der Waals surface area (Å²) in [4.78, 5) is 2.21. The van der Waals surface area contributed by atoms with Crippen LogP contribution in [0.1, 0.15) is 41.5 Å². The van der Waals surface area contributed by atoms with E-state index < -0.39 is 15.3 Å². The van der Waals surface area contributed by atoms with Crippen molar-refractivity contribution in [3.05, 3.63) is 0 Å². The third-order valence-corrected chi connectivity index (χ3v) is 5.09. The first-order valence-corrected chi connectivity index (χ1v) is 8.74.